The highest BCUT2D eigenvalue weighted by atomic mass is 32.2. The quantitative estimate of drug-likeness (QED) is 0.819. The molecule has 0 radical (unpaired) electrons. The zero-order valence-electron chi connectivity index (χ0n) is 9.25. The van der Waals surface area contributed by atoms with Crippen LogP contribution >= 0.6 is 23.1 Å². The first-order chi connectivity index (χ1) is 7.63. The average Bonchev–Trinajstić information content (AvgIpc) is 2.77. The molecule has 2 unspecified atom stereocenters. The lowest BCUT2D eigenvalue weighted by atomic mass is 10.3. The number of nitrogens with two attached hydrogens (primary N) is 1. The molecule has 0 fully saturated rings. The molecule has 6 heteroatoms. The van der Waals surface area contributed by atoms with Crippen molar-refractivity contribution < 1.29 is 5.11 Å². The zero-order chi connectivity index (χ0) is 11.7. The summed E-state index contributed by atoms with van der Waals surface area (Å²) < 4.78 is 2.02. The summed E-state index contributed by atoms with van der Waals surface area (Å²) in [7, 11) is 0. The molecule has 16 heavy (non-hydrogen) atoms. The van der Waals surface area contributed by atoms with Crippen molar-refractivity contribution in [2.24, 2.45) is 5.73 Å². The average molecular weight is 257 g/mol. The van der Waals surface area contributed by atoms with Gasteiger partial charge in [-0.15, -0.1) is 11.3 Å². The smallest absolute Gasteiger partial charge is 0.194 e. The number of thiazole rings is 1. The highest BCUT2D eigenvalue weighted by Gasteiger charge is 2.17. The fraction of sp³-hybridized carbons (Fsp3) is 0.500. The van der Waals surface area contributed by atoms with Crippen LogP contribution in [0.15, 0.2) is 16.6 Å². The fourth-order valence-corrected chi connectivity index (χ4v) is 3.16. The molecule has 2 aromatic rings. The van der Waals surface area contributed by atoms with Crippen molar-refractivity contribution in [3.63, 3.8) is 0 Å². The monoisotopic (exact) mass is 257 g/mol. The van der Waals surface area contributed by atoms with Crippen LogP contribution in [-0.2, 0) is 6.54 Å². The maximum atomic E-state index is 9.49. The molecule has 2 rings (SSSR count). The van der Waals surface area contributed by atoms with Gasteiger partial charge < -0.3 is 10.8 Å². The number of nitrogens with zero attached hydrogens (tertiary/aromatic N) is 2. The SMILES string of the molecule is CC(O)C(C)Sc1nc2sccn2c1CN. The van der Waals surface area contributed by atoms with Gasteiger partial charge in [0.1, 0.15) is 5.03 Å². The maximum Gasteiger partial charge on any atom is 0.194 e. The number of aliphatic hydroxyl groups excluding tert-OH is 1. The van der Waals surface area contributed by atoms with Crippen molar-refractivity contribution in [2.45, 2.75) is 36.8 Å². The van der Waals surface area contributed by atoms with Gasteiger partial charge in [-0.3, -0.25) is 4.40 Å². The van der Waals surface area contributed by atoms with Crippen LogP contribution in [-0.4, -0.2) is 25.8 Å². The molecule has 0 saturated carbocycles. The first-order valence-corrected chi connectivity index (χ1v) is 6.88. The van der Waals surface area contributed by atoms with Crippen LogP contribution in [0, 0.1) is 0 Å². The molecule has 0 aromatic carbocycles. The van der Waals surface area contributed by atoms with E-state index < -0.39 is 0 Å². The first-order valence-electron chi connectivity index (χ1n) is 5.12. The molecular weight excluding hydrogens is 242 g/mol. The van der Waals surface area contributed by atoms with E-state index in [-0.39, 0.29) is 11.4 Å². The standard InChI is InChI=1S/C10H15N3OS2/c1-6(14)7(2)16-9-8(5-11)13-3-4-15-10(13)12-9/h3-4,6-7,14H,5,11H2,1-2H3. The Bertz CT molecular complexity index is 477. The number of aliphatic hydroxyl groups is 1. The fourth-order valence-electron chi connectivity index (χ4n) is 1.37. The highest BCUT2D eigenvalue weighted by molar-refractivity contribution is 7.99. The Morgan fingerprint density at radius 1 is 1.62 bits per heavy atom. The second kappa shape index (κ2) is 4.75. The van der Waals surface area contributed by atoms with Crippen LogP contribution < -0.4 is 5.73 Å². The Kier molecular flexibility index (Phi) is 3.53. The second-order valence-electron chi connectivity index (χ2n) is 3.69. The molecule has 0 amide bonds. The van der Waals surface area contributed by atoms with E-state index >= 15 is 0 Å². The van der Waals surface area contributed by atoms with Crippen molar-refractivity contribution in [1.29, 1.82) is 0 Å². The summed E-state index contributed by atoms with van der Waals surface area (Å²) in [6, 6.07) is 0. The molecule has 0 aliphatic carbocycles. The molecule has 0 spiro atoms. The minimum Gasteiger partial charge on any atom is -0.392 e. The van der Waals surface area contributed by atoms with Gasteiger partial charge in [0.15, 0.2) is 4.96 Å². The molecular formula is C10H15N3OS2. The minimum atomic E-state index is -0.352. The van der Waals surface area contributed by atoms with E-state index in [1.54, 1.807) is 30.0 Å². The third kappa shape index (κ3) is 2.10. The number of hydrogen-bond donors (Lipinski definition) is 2. The largest absolute Gasteiger partial charge is 0.392 e. The van der Waals surface area contributed by atoms with Crippen LogP contribution in [0.3, 0.4) is 0 Å². The maximum absolute atomic E-state index is 9.49. The Hall–Kier alpha value is -0.560. The van der Waals surface area contributed by atoms with Gasteiger partial charge in [-0.25, -0.2) is 4.98 Å². The number of fused-ring (bicyclic) bond motifs is 1. The molecule has 4 nitrogen and oxygen atoms in total. The lowest BCUT2D eigenvalue weighted by molar-refractivity contribution is 0.196. The first kappa shape index (κ1) is 11.9. The van der Waals surface area contributed by atoms with E-state index in [1.165, 1.54) is 0 Å². The summed E-state index contributed by atoms with van der Waals surface area (Å²) in [5.41, 5.74) is 6.76. The lowest BCUT2D eigenvalue weighted by Crippen LogP contribution is -2.15. The summed E-state index contributed by atoms with van der Waals surface area (Å²) in [6.45, 7) is 4.24. The van der Waals surface area contributed by atoms with E-state index in [0.717, 1.165) is 15.7 Å². The van der Waals surface area contributed by atoms with Gasteiger partial charge in [-0.05, 0) is 6.92 Å². The van der Waals surface area contributed by atoms with Crippen molar-refractivity contribution in [3.05, 3.63) is 17.3 Å². The molecule has 3 N–H and O–H groups in total. The van der Waals surface area contributed by atoms with Crippen LogP contribution in [0.2, 0.25) is 0 Å². The zero-order valence-corrected chi connectivity index (χ0v) is 10.9. The van der Waals surface area contributed by atoms with E-state index in [0.29, 0.717) is 6.54 Å². The van der Waals surface area contributed by atoms with Crippen molar-refractivity contribution >= 4 is 28.1 Å². The summed E-state index contributed by atoms with van der Waals surface area (Å²) in [5, 5.41) is 12.5. The van der Waals surface area contributed by atoms with Crippen LogP contribution in [0.1, 0.15) is 19.5 Å². The molecule has 2 atom stereocenters. The molecule has 0 aliphatic rings. The minimum absolute atomic E-state index is 0.120. The third-order valence-electron chi connectivity index (χ3n) is 2.49. The third-order valence-corrected chi connectivity index (χ3v) is 4.57. The topological polar surface area (TPSA) is 63.5 Å². The van der Waals surface area contributed by atoms with Crippen LogP contribution in [0.4, 0.5) is 0 Å². The van der Waals surface area contributed by atoms with Gasteiger partial charge in [-0.2, -0.15) is 0 Å². The highest BCUT2D eigenvalue weighted by Crippen LogP contribution is 2.29. The summed E-state index contributed by atoms with van der Waals surface area (Å²) >= 11 is 3.17. The van der Waals surface area contributed by atoms with Crippen LogP contribution in [0.25, 0.3) is 4.96 Å². The van der Waals surface area contributed by atoms with E-state index in [9.17, 15) is 5.11 Å². The van der Waals surface area contributed by atoms with Gasteiger partial charge in [0.2, 0.25) is 0 Å². The number of aromatic nitrogens is 2. The summed E-state index contributed by atoms with van der Waals surface area (Å²) in [4.78, 5) is 5.48. The Morgan fingerprint density at radius 3 is 3.00 bits per heavy atom. The van der Waals surface area contributed by atoms with Crippen molar-refractivity contribution in [1.82, 2.24) is 9.38 Å². The Morgan fingerprint density at radius 2 is 2.38 bits per heavy atom. The second-order valence-corrected chi connectivity index (χ2v) is 5.93. The van der Waals surface area contributed by atoms with E-state index in [1.807, 2.05) is 22.9 Å². The predicted octanol–water partition coefficient (Wildman–Crippen LogP) is 1.72. The Balaban J connectivity index is 2.32. The molecule has 2 heterocycles. The van der Waals surface area contributed by atoms with Crippen molar-refractivity contribution in [2.75, 3.05) is 0 Å². The molecule has 0 bridgehead atoms. The number of hydrogen-bond acceptors (Lipinski definition) is 5. The lowest BCUT2D eigenvalue weighted by Gasteiger charge is -2.12. The predicted molar refractivity (Wildman–Crippen MR) is 68.0 cm³/mol. The van der Waals surface area contributed by atoms with Gasteiger partial charge >= 0.3 is 0 Å². The summed E-state index contributed by atoms with van der Waals surface area (Å²) in [5.74, 6) is 0. The summed E-state index contributed by atoms with van der Waals surface area (Å²) in [6.07, 6.45) is 1.63. The van der Waals surface area contributed by atoms with Crippen molar-refractivity contribution in [3.8, 4) is 0 Å². The molecule has 0 saturated heterocycles. The van der Waals surface area contributed by atoms with Gasteiger partial charge in [0.25, 0.3) is 0 Å². The molecule has 0 aliphatic heterocycles. The van der Waals surface area contributed by atoms with E-state index in [2.05, 4.69) is 4.98 Å². The number of imidazole rings is 1. The number of thioether (sulfide) groups is 1. The Labute approximate surface area is 102 Å². The van der Waals surface area contributed by atoms with Gasteiger partial charge in [0, 0.05) is 23.4 Å². The van der Waals surface area contributed by atoms with E-state index in [4.69, 9.17) is 5.73 Å². The van der Waals surface area contributed by atoms with Crippen LogP contribution in [0.5, 0.6) is 0 Å². The van der Waals surface area contributed by atoms with Gasteiger partial charge in [-0.1, -0.05) is 18.7 Å². The van der Waals surface area contributed by atoms with Gasteiger partial charge in [0.05, 0.1) is 11.8 Å². The molecule has 88 valence electrons. The molecule has 2 aromatic heterocycles. The normalized spacial score (nSPS) is 15.5. The number of rotatable bonds is 4.